The molecule has 35 heavy (non-hydrogen) atoms. The van der Waals surface area contributed by atoms with Crippen LogP contribution in [-0.2, 0) is 14.4 Å². The Kier molecular flexibility index (Phi) is 4.97. The van der Waals surface area contributed by atoms with Crippen molar-refractivity contribution in [2.45, 2.75) is 32.9 Å². The van der Waals surface area contributed by atoms with Crippen LogP contribution >= 0.6 is 0 Å². The lowest BCUT2D eigenvalue weighted by Crippen LogP contribution is -2.38. The zero-order chi connectivity index (χ0) is 24.3. The number of imide groups is 1. The van der Waals surface area contributed by atoms with Crippen LogP contribution in [0.1, 0.15) is 28.3 Å². The number of fused-ring (bicyclic) bond motifs is 2. The highest BCUT2D eigenvalue weighted by Crippen LogP contribution is 2.49. The summed E-state index contributed by atoms with van der Waals surface area (Å²) in [5.74, 6) is -1.18. The molecule has 0 aliphatic carbocycles. The third-order valence-electron chi connectivity index (χ3n) is 7.13. The van der Waals surface area contributed by atoms with Crippen LogP contribution in [0.4, 0.5) is 11.4 Å². The Labute approximate surface area is 204 Å². The van der Waals surface area contributed by atoms with Crippen LogP contribution in [0, 0.1) is 26.7 Å². The molecule has 2 saturated heterocycles. The number of rotatable bonds is 3. The molecule has 5 heteroatoms. The molecule has 2 aliphatic rings. The van der Waals surface area contributed by atoms with Gasteiger partial charge in [-0.2, -0.15) is 0 Å². The van der Waals surface area contributed by atoms with E-state index in [0.29, 0.717) is 5.69 Å². The quantitative estimate of drug-likeness (QED) is 0.360. The summed E-state index contributed by atoms with van der Waals surface area (Å²) in [5.41, 5.74) is 5.38. The van der Waals surface area contributed by atoms with E-state index in [1.54, 1.807) is 5.06 Å². The summed E-state index contributed by atoms with van der Waals surface area (Å²) in [4.78, 5) is 35.5. The lowest BCUT2D eigenvalue weighted by Gasteiger charge is -2.30. The van der Waals surface area contributed by atoms with Crippen LogP contribution in [0.25, 0.3) is 10.8 Å². The van der Waals surface area contributed by atoms with Gasteiger partial charge in [0.1, 0.15) is 5.92 Å². The molecule has 0 aromatic heterocycles. The van der Waals surface area contributed by atoms with E-state index < -0.39 is 18.1 Å². The second-order valence-corrected chi connectivity index (χ2v) is 9.49. The number of aryl methyl sites for hydroxylation is 3. The Morgan fingerprint density at radius 3 is 2.14 bits per heavy atom. The smallest absolute Gasteiger partial charge is 0.266 e. The van der Waals surface area contributed by atoms with Gasteiger partial charge in [0.2, 0.25) is 5.91 Å². The SMILES string of the molecule is Cc1cc(C)c(N2C(=O)[C@H]3[C@@H](c4cccc5ccccc45)N(c4ccccc4)O[C@H]3C2=O)c(C)c1. The zero-order valence-corrected chi connectivity index (χ0v) is 19.9. The van der Waals surface area contributed by atoms with Gasteiger partial charge in [0.25, 0.3) is 5.91 Å². The summed E-state index contributed by atoms with van der Waals surface area (Å²) in [7, 11) is 0. The first-order valence-corrected chi connectivity index (χ1v) is 11.9. The average Bonchev–Trinajstić information content (AvgIpc) is 3.35. The van der Waals surface area contributed by atoms with Crippen LogP contribution in [-0.4, -0.2) is 17.9 Å². The number of amides is 2. The van der Waals surface area contributed by atoms with E-state index in [9.17, 15) is 9.59 Å². The summed E-state index contributed by atoms with van der Waals surface area (Å²) in [6.07, 6.45) is -0.883. The van der Waals surface area contributed by atoms with E-state index in [1.807, 2.05) is 87.5 Å². The number of hydrogen-bond acceptors (Lipinski definition) is 4. The lowest BCUT2D eigenvalue weighted by molar-refractivity contribution is -0.126. The van der Waals surface area contributed by atoms with Gasteiger partial charge in [0.15, 0.2) is 6.10 Å². The summed E-state index contributed by atoms with van der Waals surface area (Å²) < 4.78 is 0. The second kappa shape index (κ2) is 8.07. The molecule has 0 saturated carbocycles. The maximum absolute atomic E-state index is 14.1. The van der Waals surface area contributed by atoms with E-state index in [-0.39, 0.29) is 11.8 Å². The average molecular weight is 463 g/mol. The topological polar surface area (TPSA) is 49.9 Å². The van der Waals surface area contributed by atoms with Crippen molar-refractivity contribution in [2.24, 2.45) is 5.92 Å². The van der Waals surface area contributed by atoms with E-state index in [4.69, 9.17) is 4.84 Å². The first-order chi connectivity index (χ1) is 17.0. The number of hydroxylamine groups is 1. The summed E-state index contributed by atoms with van der Waals surface area (Å²) >= 11 is 0. The number of carbonyl (C=O) groups is 2. The molecule has 0 bridgehead atoms. The Morgan fingerprint density at radius 2 is 1.40 bits per heavy atom. The highest BCUT2D eigenvalue weighted by molar-refractivity contribution is 6.24. The molecule has 2 heterocycles. The van der Waals surface area contributed by atoms with Gasteiger partial charge in [-0.05, 0) is 60.4 Å². The van der Waals surface area contributed by atoms with Crippen molar-refractivity contribution in [2.75, 3.05) is 9.96 Å². The van der Waals surface area contributed by atoms with Crippen molar-refractivity contribution in [1.82, 2.24) is 0 Å². The molecule has 4 aromatic rings. The van der Waals surface area contributed by atoms with E-state index in [0.717, 1.165) is 38.7 Å². The monoisotopic (exact) mass is 462 g/mol. The van der Waals surface area contributed by atoms with Crippen LogP contribution in [0.3, 0.4) is 0 Å². The molecule has 3 atom stereocenters. The van der Waals surface area contributed by atoms with Crippen LogP contribution in [0.2, 0.25) is 0 Å². The van der Waals surface area contributed by atoms with Gasteiger partial charge in [0, 0.05) is 0 Å². The summed E-state index contributed by atoms with van der Waals surface area (Å²) in [6, 6.07) is 27.5. The molecule has 2 fully saturated rings. The van der Waals surface area contributed by atoms with Crippen molar-refractivity contribution in [1.29, 1.82) is 0 Å². The maximum Gasteiger partial charge on any atom is 0.266 e. The minimum absolute atomic E-state index is 0.216. The van der Waals surface area contributed by atoms with E-state index in [1.165, 1.54) is 4.90 Å². The van der Waals surface area contributed by atoms with Crippen molar-refractivity contribution in [3.8, 4) is 0 Å². The second-order valence-electron chi connectivity index (χ2n) is 9.49. The molecular formula is C30H26N2O3. The molecule has 2 aliphatic heterocycles. The number of hydrogen-bond donors (Lipinski definition) is 0. The molecular weight excluding hydrogens is 436 g/mol. The predicted molar refractivity (Wildman–Crippen MR) is 137 cm³/mol. The predicted octanol–water partition coefficient (Wildman–Crippen LogP) is 5.82. The van der Waals surface area contributed by atoms with Gasteiger partial charge in [-0.15, -0.1) is 0 Å². The molecule has 0 N–H and O–H groups in total. The van der Waals surface area contributed by atoms with E-state index >= 15 is 0 Å². The fourth-order valence-corrected chi connectivity index (χ4v) is 5.78. The Hall–Kier alpha value is -3.96. The molecule has 0 radical (unpaired) electrons. The lowest BCUT2D eigenvalue weighted by atomic mass is 9.87. The normalized spacial score (nSPS) is 21.7. The Bertz CT molecular complexity index is 1450. The molecule has 0 spiro atoms. The minimum atomic E-state index is -0.883. The fourth-order valence-electron chi connectivity index (χ4n) is 5.78. The van der Waals surface area contributed by atoms with Gasteiger partial charge in [-0.3, -0.25) is 14.4 Å². The zero-order valence-electron chi connectivity index (χ0n) is 19.9. The fraction of sp³-hybridized carbons (Fsp3) is 0.200. The number of carbonyl (C=O) groups excluding carboxylic acids is 2. The number of nitrogens with zero attached hydrogens (tertiary/aromatic N) is 2. The number of benzene rings is 4. The first-order valence-electron chi connectivity index (χ1n) is 11.9. The number of para-hydroxylation sites is 1. The highest BCUT2D eigenvalue weighted by Gasteiger charge is 2.60. The number of anilines is 2. The van der Waals surface area contributed by atoms with Crippen LogP contribution in [0.5, 0.6) is 0 Å². The van der Waals surface area contributed by atoms with Crippen molar-refractivity contribution >= 4 is 34.0 Å². The molecule has 174 valence electrons. The van der Waals surface area contributed by atoms with Crippen molar-refractivity contribution < 1.29 is 14.4 Å². The van der Waals surface area contributed by atoms with Crippen LogP contribution < -0.4 is 9.96 Å². The third kappa shape index (κ3) is 3.27. The molecule has 0 unspecified atom stereocenters. The molecule has 6 rings (SSSR count). The maximum atomic E-state index is 14.1. The highest BCUT2D eigenvalue weighted by atomic mass is 16.7. The summed E-state index contributed by atoms with van der Waals surface area (Å²) in [5, 5.41) is 3.89. The standard InChI is InChI=1S/C30H26N2O3/c1-18-16-19(2)26(20(3)17-18)31-29(33)25-27(24-15-9-11-21-10-7-8-14-23(21)24)32(35-28(25)30(31)34)22-12-5-4-6-13-22/h4-17,25,27-28H,1-3H3/t25-,27+,28+/m0/s1. The largest absolute Gasteiger partial charge is 0.273 e. The summed E-state index contributed by atoms with van der Waals surface area (Å²) in [6.45, 7) is 5.91. The van der Waals surface area contributed by atoms with Crippen molar-refractivity contribution in [3.63, 3.8) is 0 Å². The molecule has 2 amide bonds. The van der Waals surface area contributed by atoms with E-state index in [2.05, 4.69) is 18.2 Å². The third-order valence-corrected chi connectivity index (χ3v) is 7.13. The van der Waals surface area contributed by atoms with Crippen molar-refractivity contribution in [3.05, 3.63) is 107 Å². The van der Waals surface area contributed by atoms with Crippen LogP contribution in [0.15, 0.2) is 84.9 Å². The van der Waals surface area contributed by atoms with Gasteiger partial charge in [-0.1, -0.05) is 78.4 Å². The van der Waals surface area contributed by atoms with Gasteiger partial charge < -0.3 is 0 Å². The Morgan fingerprint density at radius 1 is 0.743 bits per heavy atom. The minimum Gasteiger partial charge on any atom is -0.273 e. The molecule has 4 aromatic carbocycles. The molecule has 5 nitrogen and oxygen atoms in total. The Balaban J connectivity index is 1.52. The van der Waals surface area contributed by atoms with Gasteiger partial charge in [0.05, 0.1) is 17.4 Å². The first kappa shape index (κ1) is 21.6. The van der Waals surface area contributed by atoms with Gasteiger partial charge in [-0.25, -0.2) is 9.96 Å². The van der Waals surface area contributed by atoms with Gasteiger partial charge >= 0.3 is 0 Å².